The van der Waals surface area contributed by atoms with E-state index in [4.69, 9.17) is 0 Å². The molecule has 0 saturated carbocycles. The molecule has 1 heterocycles. The fraction of sp³-hybridized carbons (Fsp3) is 0.625. The molecule has 1 aliphatic rings. The van der Waals surface area contributed by atoms with E-state index in [0.717, 1.165) is 5.92 Å². The Morgan fingerprint density at radius 2 is 1.59 bits per heavy atom. The Morgan fingerprint density at radius 1 is 1.00 bits per heavy atom. The van der Waals surface area contributed by atoms with Crippen LogP contribution in [0, 0.1) is 0 Å². The van der Waals surface area contributed by atoms with Crippen LogP contribution in [-0.2, 0) is 0 Å². The molecule has 1 nitrogen and oxygen atoms in total. The van der Waals surface area contributed by atoms with Crippen LogP contribution in [0.25, 0.3) is 0 Å². The maximum absolute atomic E-state index is 2.46. The summed E-state index contributed by atoms with van der Waals surface area (Å²) < 4.78 is 0. The third-order valence-corrected chi connectivity index (χ3v) is 3.89. The molecule has 0 aliphatic carbocycles. The third kappa shape index (κ3) is 2.55. The van der Waals surface area contributed by atoms with Crippen molar-refractivity contribution < 1.29 is 0 Å². The largest absolute Gasteiger partial charge is 0.305 e. The molecule has 0 N–H and O–H groups in total. The van der Waals surface area contributed by atoms with Crippen molar-refractivity contribution in [1.82, 2.24) is 4.90 Å². The number of likely N-dealkylation sites (tertiary alicyclic amines) is 1. The van der Waals surface area contributed by atoms with Gasteiger partial charge in [-0.25, -0.2) is 0 Å². The molecule has 17 heavy (non-hydrogen) atoms. The molecule has 0 radical (unpaired) electrons. The van der Waals surface area contributed by atoms with Gasteiger partial charge in [-0.05, 0) is 35.6 Å². The SMILES string of the molecule is CC(C)c1ccc(C2CN(C)C2)cc1C(C)C. The number of nitrogens with zero attached hydrogens (tertiary/aromatic N) is 1. The number of hydrogen-bond donors (Lipinski definition) is 0. The molecule has 0 atom stereocenters. The first-order valence-electron chi connectivity index (χ1n) is 6.81. The minimum Gasteiger partial charge on any atom is -0.305 e. The topological polar surface area (TPSA) is 3.24 Å². The Hall–Kier alpha value is -0.820. The second kappa shape index (κ2) is 4.81. The lowest BCUT2D eigenvalue weighted by Gasteiger charge is -2.37. The average Bonchev–Trinajstić information content (AvgIpc) is 2.23. The predicted octanol–water partition coefficient (Wildman–Crippen LogP) is 3.96. The van der Waals surface area contributed by atoms with Crippen LogP contribution in [0.1, 0.15) is 62.1 Å². The molecular weight excluding hydrogens is 206 g/mol. The van der Waals surface area contributed by atoms with Crippen molar-refractivity contribution in [3.05, 3.63) is 34.9 Å². The summed E-state index contributed by atoms with van der Waals surface area (Å²) in [5.41, 5.74) is 4.61. The summed E-state index contributed by atoms with van der Waals surface area (Å²) in [6.45, 7) is 11.6. The summed E-state index contributed by atoms with van der Waals surface area (Å²) in [6.07, 6.45) is 0. The van der Waals surface area contributed by atoms with Gasteiger partial charge in [0.1, 0.15) is 0 Å². The van der Waals surface area contributed by atoms with Gasteiger partial charge in [0.15, 0.2) is 0 Å². The van der Waals surface area contributed by atoms with E-state index in [0.29, 0.717) is 11.8 Å². The Balaban J connectivity index is 2.29. The van der Waals surface area contributed by atoms with Crippen molar-refractivity contribution in [3.63, 3.8) is 0 Å². The van der Waals surface area contributed by atoms with E-state index in [1.54, 1.807) is 5.56 Å². The maximum atomic E-state index is 2.46. The van der Waals surface area contributed by atoms with Gasteiger partial charge in [0.2, 0.25) is 0 Å². The minimum atomic E-state index is 0.630. The average molecular weight is 231 g/mol. The molecule has 1 aromatic rings. The van der Waals surface area contributed by atoms with E-state index >= 15 is 0 Å². The highest BCUT2D eigenvalue weighted by Crippen LogP contribution is 2.32. The zero-order valence-electron chi connectivity index (χ0n) is 11.8. The molecule has 1 aromatic carbocycles. The molecule has 1 aliphatic heterocycles. The lowest BCUT2D eigenvalue weighted by molar-refractivity contribution is 0.189. The number of hydrogen-bond acceptors (Lipinski definition) is 1. The van der Waals surface area contributed by atoms with E-state index in [9.17, 15) is 0 Å². The van der Waals surface area contributed by atoms with Crippen LogP contribution in [-0.4, -0.2) is 25.0 Å². The molecule has 2 rings (SSSR count). The van der Waals surface area contributed by atoms with Crippen LogP contribution in [0.15, 0.2) is 18.2 Å². The van der Waals surface area contributed by atoms with Gasteiger partial charge in [0, 0.05) is 19.0 Å². The first-order chi connectivity index (χ1) is 7.99. The molecule has 1 fully saturated rings. The van der Waals surface area contributed by atoms with Crippen molar-refractivity contribution in [2.75, 3.05) is 20.1 Å². The van der Waals surface area contributed by atoms with Crippen molar-refractivity contribution in [2.45, 2.75) is 45.4 Å². The van der Waals surface area contributed by atoms with E-state index in [1.807, 2.05) is 0 Å². The molecule has 0 bridgehead atoms. The lowest BCUT2D eigenvalue weighted by atomic mass is 9.84. The van der Waals surface area contributed by atoms with Crippen LogP contribution in [0.3, 0.4) is 0 Å². The van der Waals surface area contributed by atoms with E-state index in [-0.39, 0.29) is 0 Å². The first kappa shape index (κ1) is 12.6. The highest BCUT2D eigenvalue weighted by Gasteiger charge is 2.25. The van der Waals surface area contributed by atoms with Gasteiger partial charge in [-0.1, -0.05) is 45.9 Å². The quantitative estimate of drug-likeness (QED) is 0.761. The second-order valence-electron chi connectivity index (χ2n) is 6.12. The van der Waals surface area contributed by atoms with Crippen LogP contribution >= 0.6 is 0 Å². The Bertz CT molecular complexity index is 387. The number of benzene rings is 1. The lowest BCUT2D eigenvalue weighted by Crippen LogP contribution is -2.41. The first-order valence-corrected chi connectivity index (χ1v) is 6.81. The third-order valence-electron chi connectivity index (χ3n) is 3.89. The predicted molar refractivity (Wildman–Crippen MR) is 74.9 cm³/mol. The molecule has 1 heteroatoms. The summed E-state index contributed by atoms with van der Waals surface area (Å²) >= 11 is 0. The molecule has 0 spiro atoms. The number of likely N-dealkylation sites (N-methyl/N-ethyl adjacent to an activating group) is 1. The minimum absolute atomic E-state index is 0.630. The zero-order valence-corrected chi connectivity index (χ0v) is 11.8. The van der Waals surface area contributed by atoms with Crippen LogP contribution in [0.4, 0.5) is 0 Å². The molecule has 0 aromatic heterocycles. The van der Waals surface area contributed by atoms with Gasteiger partial charge in [-0.15, -0.1) is 0 Å². The molecule has 0 amide bonds. The number of rotatable bonds is 3. The van der Waals surface area contributed by atoms with Crippen LogP contribution < -0.4 is 0 Å². The van der Waals surface area contributed by atoms with Crippen molar-refractivity contribution in [2.24, 2.45) is 0 Å². The van der Waals surface area contributed by atoms with Crippen LogP contribution in [0.2, 0.25) is 0 Å². The van der Waals surface area contributed by atoms with Gasteiger partial charge in [-0.3, -0.25) is 0 Å². The molecule has 1 saturated heterocycles. The zero-order chi connectivity index (χ0) is 12.6. The van der Waals surface area contributed by atoms with Gasteiger partial charge in [0.05, 0.1) is 0 Å². The van der Waals surface area contributed by atoms with Gasteiger partial charge < -0.3 is 4.90 Å². The van der Waals surface area contributed by atoms with E-state index < -0.39 is 0 Å². The van der Waals surface area contributed by atoms with E-state index in [1.165, 1.54) is 24.2 Å². The summed E-state index contributed by atoms with van der Waals surface area (Å²) in [6, 6.07) is 7.16. The fourth-order valence-electron chi connectivity index (χ4n) is 2.78. The van der Waals surface area contributed by atoms with Crippen molar-refractivity contribution in [1.29, 1.82) is 0 Å². The normalized spacial score (nSPS) is 17.8. The summed E-state index contributed by atoms with van der Waals surface area (Å²) in [5, 5.41) is 0. The van der Waals surface area contributed by atoms with Crippen LogP contribution in [0.5, 0.6) is 0 Å². The monoisotopic (exact) mass is 231 g/mol. The van der Waals surface area contributed by atoms with E-state index in [2.05, 4.69) is 57.8 Å². The van der Waals surface area contributed by atoms with Gasteiger partial charge >= 0.3 is 0 Å². The summed E-state index contributed by atoms with van der Waals surface area (Å²) in [7, 11) is 2.20. The highest BCUT2D eigenvalue weighted by atomic mass is 15.2. The van der Waals surface area contributed by atoms with Crippen molar-refractivity contribution in [3.8, 4) is 0 Å². The standard InChI is InChI=1S/C16H25N/c1-11(2)15-7-6-13(8-16(15)12(3)4)14-9-17(5)10-14/h6-8,11-12,14H,9-10H2,1-5H3. The molecule has 0 unspecified atom stereocenters. The Kier molecular flexibility index (Phi) is 3.58. The Morgan fingerprint density at radius 3 is 2.06 bits per heavy atom. The van der Waals surface area contributed by atoms with Gasteiger partial charge in [-0.2, -0.15) is 0 Å². The van der Waals surface area contributed by atoms with Crippen molar-refractivity contribution >= 4 is 0 Å². The highest BCUT2D eigenvalue weighted by molar-refractivity contribution is 5.38. The fourth-order valence-corrected chi connectivity index (χ4v) is 2.78. The smallest absolute Gasteiger partial charge is 0.00934 e. The summed E-state index contributed by atoms with van der Waals surface area (Å²) in [4.78, 5) is 2.38. The van der Waals surface area contributed by atoms with Gasteiger partial charge in [0.25, 0.3) is 0 Å². The Labute approximate surface area is 106 Å². The maximum Gasteiger partial charge on any atom is 0.00934 e. The molecular formula is C16H25N. The second-order valence-corrected chi connectivity index (χ2v) is 6.12. The molecule has 94 valence electrons. The summed E-state index contributed by atoms with van der Waals surface area (Å²) in [5.74, 6) is 2.02.